The fourth-order valence-electron chi connectivity index (χ4n) is 3.08. The lowest BCUT2D eigenvalue weighted by atomic mass is 10.1. The molecule has 0 N–H and O–H groups in total. The number of ether oxygens (including phenoxy) is 1. The van der Waals surface area contributed by atoms with Gasteiger partial charge in [0.25, 0.3) is 0 Å². The summed E-state index contributed by atoms with van der Waals surface area (Å²) in [5.41, 5.74) is 0.697. The van der Waals surface area contributed by atoms with Gasteiger partial charge in [0, 0.05) is 32.2 Å². The van der Waals surface area contributed by atoms with Crippen LogP contribution in [0.2, 0.25) is 5.02 Å². The van der Waals surface area contributed by atoms with Gasteiger partial charge in [0.05, 0.1) is 10.2 Å². The predicted octanol–water partition coefficient (Wildman–Crippen LogP) is 2.58. The number of hydrogen-bond acceptors (Lipinski definition) is 6. The number of aromatic nitrogens is 1. The maximum atomic E-state index is 12.5. The van der Waals surface area contributed by atoms with Gasteiger partial charge in [-0.05, 0) is 31.0 Å². The number of fused-ring (bicyclic) bond motifs is 1. The van der Waals surface area contributed by atoms with Crippen molar-refractivity contribution in [3.05, 3.63) is 32.9 Å². The van der Waals surface area contributed by atoms with Crippen LogP contribution in [0.3, 0.4) is 0 Å². The van der Waals surface area contributed by atoms with Crippen molar-refractivity contribution in [3.8, 4) is 0 Å². The maximum absolute atomic E-state index is 12.5. The number of carbonyl (C=O) groups excluding carboxylic acids is 2. The largest absolute Gasteiger partial charge is 0.446 e. The van der Waals surface area contributed by atoms with Crippen molar-refractivity contribution in [2.75, 3.05) is 27.2 Å². The van der Waals surface area contributed by atoms with E-state index in [4.69, 9.17) is 16.3 Å². The third-order valence-electron chi connectivity index (χ3n) is 4.44. The highest BCUT2D eigenvalue weighted by atomic mass is 35.5. The average Bonchev–Trinajstić information content (AvgIpc) is 2.92. The van der Waals surface area contributed by atoms with Crippen LogP contribution in [-0.4, -0.2) is 60.0 Å². The molecule has 1 aliphatic rings. The quantitative estimate of drug-likeness (QED) is 0.741. The van der Waals surface area contributed by atoms with E-state index in [2.05, 4.69) is 0 Å². The minimum Gasteiger partial charge on any atom is -0.446 e. The van der Waals surface area contributed by atoms with Crippen molar-refractivity contribution in [2.24, 2.45) is 0 Å². The molecule has 140 valence electrons. The lowest BCUT2D eigenvalue weighted by Crippen LogP contribution is -2.44. The summed E-state index contributed by atoms with van der Waals surface area (Å²) < 4.78 is 7.67. The fraction of sp³-hybridized carbons (Fsp3) is 0.471. The summed E-state index contributed by atoms with van der Waals surface area (Å²) in [4.78, 5) is 39.1. The van der Waals surface area contributed by atoms with Crippen LogP contribution in [0.5, 0.6) is 0 Å². The number of likely N-dealkylation sites (tertiary alicyclic amines) is 1. The van der Waals surface area contributed by atoms with Crippen LogP contribution in [-0.2, 0) is 9.53 Å². The molecule has 7 nitrogen and oxygen atoms in total. The molecule has 0 bridgehead atoms. The van der Waals surface area contributed by atoms with Gasteiger partial charge in [0.2, 0.25) is 0 Å². The molecule has 26 heavy (non-hydrogen) atoms. The van der Waals surface area contributed by atoms with Gasteiger partial charge in [0.1, 0.15) is 12.3 Å². The van der Waals surface area contributed by atoms with Crippen LogP contribution in [0.25, 0.3) is 10.2 Å². The maximum Gasteiger partial charge on any atom is 0.409 e. The molecule has 1 aromatic carbocycles. The third-order valence-corrected chi connectivity index (χ3v) is 5.60. The van der Waals surface area contributed by atoms with Crippen LogP contribution in [0.1, 0.15) is 19.0 Å². The van der Waals surface area contributed by atoms with E-state index >= 15 is 0 Å². The second-order valence-electron chi connectivity index (χ2n) is 6.41. The summed E-state index contributed by atoms with van der Waals surface area (Å²) in [6.45, 7) is 1.12. The summed E-state index contributed by atoms with van der Waals surface area (Å²) in [6, 6.07) is 5.20. The predicted molar refractivity (Wildman–Crippen MR) is 101 cm³/mol. The first-order valence-electron chi connectivity index (χ1n) is 8.28. The highest BCUT2D eigenvalue weighted by Crippen LogP contribution is 2.27. The normalized spacial score (nSPS) is 17.2. The molecule has 1 aromatic heterocycles. The van der Waals surface area contributed by atoms with Gasteiger partial charge >= 0.3 is 11.0 Å². The SMILES string of the molecule is CN(C)C(=O)OC1CCN(C(C=O)n2c(=O)sc3cc(Cl)ccc32)CC1. The Morgan fingerprint density at radius 1 is 1.38 bits per heavy atom. The van der Waals surface area contributed by atoms with Gasteiger partial charge in [-0.15, -0.1) is 0 Å². The number of halogens is 1. The number of nitrogens with zero attached hydrogens (tertiary/aromatic N) is 3. The lowest BCUT2D eigenvalue weighted by Gasteiger charge is -2.35. The van der Waals surface area contributed by atoms with E-state index in [9.17, 15) is 14.4 Å². The topological polar surface area (TPSA) is 71.8 Å². The summed E-state index contributed by atoms with van der Waals surface area (Å²) >= 11 is 7.07. The number of aldehydes is 1. The molecule has 2 aromatic rings. The van der Waals surface area contributed by atoms with Crippen molar-refractivity contribution in [3.63, 3.8) is 0 Å². The van der Waals surface area contributed by atoms with Crippen molar-refractivity contribution in [1.82, 2.24) is 14.4 Å². The van der Waals surface area contributed by atoms with Crippen LogP contribution in [0, 0.1) is 0 Å². The van der Waals surface area contributed by atoms with Crippen LogP contribution in [0.4, 0.5) is 4.79 Å². The first-order valence-corrected chi connectivity index (χ1v) is 9.48. The molecule has 2 heterocycles. The second kappa shape index (κ2) is 7.77. The molecular formula is C17H20ClN3O4S. The molecule has 1 atom stereocenters. The minimum absolute atomic E-state index is 0.178. The summed E-state index contributed by atoms with van der Waals surface area (Å²) in [6.07, 6.45) is 0.798. The van der Waals surface area contributed by atoms with Gasteiger partial charge in [-0.1, -0.05) is 22.9 Å². The molecule has 0 radical (unpaired) electrons. The molecular weight excluding hydrogens is 378 g/mol. The van der Waals surface area contributed by atoms with E-state index in [-0.39, 0.29) is 17.1 Å². The summed E-state index contributed by atoms with van der Waals surface area (Å²) in [7, 11) is 3.28. The van der Waals surface area contributed by atoms with Crippen LogP contribution < -0.4 is 4.87 Å². The zero-order valence-corrected chi connectivity index (χ0v) is 16.1. The summed E-state index contributed by atoms with van der Waals surface area (Å²) in [5.74, 6) is 0. The van der Waals surface area contributed by atoms with Crippen molar-refractivity contribution >= 4 is 45.5 Å². The van der Waals surface area contributed by atoms with E-state index < -0.39 is 6.17 Å². The molecule has 0 aliphatic carbocycles. The Hall–Kier alpha value is -1.90. The highest BCUT2D eigenvalue weighted by molar-refractivity contribution is 7.16. The molecule has 1 saturated heterocycles. The van der Waals surface area contributed by atoms with E-state index in [1.165, 1.54) is 9.47 Å². The minimum atomic E-state index is -0.678. The molecule has 1 fully saturated rings. The number of benzene rings is 1. The Kier molecular flexibility index (Phi) is 5.64. The third kappa shape index (κ3) is 3.77. The Morgan fingerprint density at radius 3 is 2.69 bits per heavy atom. The van der Waals surface area contributed by atoms with Gasteiger partial charge < -0.3 is 9.64 Å². The van der Waals surface area contributed by atoms with Gasteiger partial charge in [-0.25, -0.2) is 4.79 Å². The zero-order valence-electron chi connectivity index (χ0n) is 14.6. The van der Waals surface area contributed by atoms with Crippen LogP contribution in [0.15, 0.2) is 23.0 Å². The summed E-state index contributed by atoms with van der Waals surface area (Å²) in [5, 5.41) is 0.553. The molecule has 1 aliphatic heterocycles. The van der Waals surface area contributed by atoms with Gasteiger partial charge in [-0.2, -0.15) is 0 Å². The molecule has 9 heteroatoms. The highest BCUT2D eigenvalue weighted by Gasteiger charge is 2.29. The van der Waals surface area contributed by atoms with E-state index in [1.54, 1.807) is 32.3 Å². The number of rotatable bonds is 4. The molecule has 3 rings (SSSR count). The molecule has 1 amide bonds. The fourth-order valence-corrected chi connectivity index (χ4v) is 4.26. The van der Waals surface area contributed by atoms with E-state index in [0.29, 0.717) is 36.5 Å². The van der Waals surface area contributed by atoms with E-state index in [1.807, 2.05) is 4.90 Å². The number of thiazole rings is 1. The van der Waals surface area contributed by atoms with Crippen molar-refractivity contribution in [2.45, 2.75) is 25.1 Å². The number of piperidine rings is 1. The number of hydrogen-bond donors (Lipinski definition) is 0. The Balaban J connectivity index is 1.77. The number of carbonyl (C=O) groups is 2. The van der Waals surface area contributed by atoms with Crippen molar-refractivity contribution in [1.29, 1.82) is 0 Å². The zero-order chi connectivity index (χ0) is 18.8. The smallest absolute Gasteiger partial charge is 0.409 e. The van der Waals surface area contributed by atoms with E-state index in [0.717, 1.165) is 22.3 Å². The first-order chi connectivity index (χ1) is 12.4. The average molecular weight is 398 g/mol. The van der Waals surface area contributed by atoms with Crippen LogP contribution >= 0.6 is 22.9 Å². The Morgan fingerprint density at radius 2 is 2.08 bits per heavy atom. The van der Waals surface area contributed by atoms with Gasteiger partial charge in [-0.3, -0.25) is 19.1 Å². The van der Waals surface area contributed by atoms with Gasteiger partial charge in [0.15, 0.2) is 6.29 Å². The molecule has 0 spiro atoms. The Bertz CT molecular complexity index is 871. The molecule has 0 saturated carbocycles. The number of amides is 1. The lowest BCUT2D eigenvalue weighted by molar-refractivity contribution is -0.116. The first kappa shape index (κ1) is 18.9. The monoisotopic (exact) mass is 397 g/mol. The molecule has 1 unspecified atom stereocenters. The second-order valence-corrected chi connectivity index (χ2v) is 7.84. The van der Waals surface area contributed by atoms with Crippen molar-refractivity contribution < 1.29 is 14.3 Å². The Labute approximate surface area is 159 Å². The standard InChI is InChI=1S/C17H20ClN3O4S/c1-19(2)16(23)25-12-5-7-20(8-6-12)15(10-22)21-13-4-3-11(18)9-14(13)26-17(21)24/h3-4,9-10,12,15H,5-8H2,1-2H3.